The second kappa shape index (κ2) is 6.30. The van der Waals surface area contributed by atoms with Gasteiger partial charge < -0.3 is 19.4 Å². The van der Waals surface area contributed by atoms with Crippen LogP contribution in [-0.4, -0.2) is 43.0 Å². The van der Waals surface area contributed by atoms with E-state index in [9.17, 15) is 9.59 Å². The third-order valence-electron chi connectivity index (χ3n) is 4.10. The standard InChI is InChI=1S/C15H20N2O4/c18-14-6-12(8-17(14)9-13-2-1-4-21-13)15(19)16-7-11-3-5-20-10-11/h1-2,4,11-12H,3,5-10H2,(H,16,19). The van der Waals surface area contributed by atoms with Gasteiger partial charge >= 0.3 is 0 Å². The van der Waals surface area contributed by atoms with Crippen LogP contribution in [0.1, 0.15) is 18.6 Å². The maximum Gasteiger partial charge on any atom is 0.225 e. The Morgan fingerprint density at radius 1 is 1.48 bits per heavy atom. The molecule has 114 valence electrons. The van der Waals surface area contributed by atoms with Crippen LogP contribution in [0.15, 0.2) is 22.8 Å². The van der Waals surface area contributed by atoms with Crippen LogP contribution in [0.5, 0.6) is 0 Å². The van der Waals surface area contributed by atoms with Crippen LogP contribution in [0.2, 0.25) is 0 Å². The van der Waals surface area contributed by atoms with Gasteiger partial charge in [-0.2, -0.15) is 0 Å². The first kappa shape index (κ1) is 14.1. The van der Waals surface area contributed by atoms with Crippen LogP contribution in [0, 0.1) is 11.8 Å². The van der Waals surface area contributed by atoms with Crippen molar-refractivity contribution in [3.8, 4) is 0 Å². The molecule has 21 heavy (non-hydrogen) atoms. The van der Waals surface area contributed by atoms with E-state index in [2.05, 4.69) is 5.32 Å². The first-order valence-electron chi connectivity index (χ1n) is 7.38. The summed E-state index contributed by atoms with van der Waals surface area (Å²) in [6.07, 6.45) is 2.87. The summed E-state index contributed by atoms with van der Waals surface area (Å²) < 4.78 is 10.5. The van der Waals surface area contributed by atoms with Gasteiger partial charge in [-0.1, -0.05) is 0 Å². The fourth-order valence-electron chi connectivity index (χ4n) is 2.82. The van der Waals surface area contributed by atoms with Crippen molar-refractivity contribution in [2.75, 3.05) is 26.3 Å². The largest absolute Gasteiger partial charge is 0.467 e. The molecule has 3 rings (SSSR count). The van der Waals surface area contributed by atoms with E-state index in [1.165, 1.54) is 0 Å². The Labute approximate surface area is 123 Å². The highest BCUT2D eigenvalue weighted by Crippen LogP contribution is 2.21. The highest BCUT2D eigenvalue weighted by molar-refractivity contribution is 5.89. The Balaban J connectivity index is 1.47. The number of furan rings is 1. The second-order valence-corrected chi connectivity index (χ2v) is 5.73. The number of hydrogen-bond acceptors (Lipinski definition) is 4. The van der Waals surface area contributed by atoms with Crippen molar-refractivity contribution < 1.29 is 18.7 Å². The van der Waals surface area contributed by atoms with E-state index in [1.54, 1.807) is 17.2 Å². The van der Waals surface area contributed by atoms with Crippen LogP contribution in [0.4, 0.5) is 0 Å². The lowest BCUT2D eigenvalue weighted by molar-refractivity contribution is -0.129. The maximum absolute atomic E-state index is 12.1. The van der Waals surface area contributed by atoms with Crippen LogP contribution >= 0.6 is 0 Å². The van der Waals surface area contributed by atoms with E-state index in [0.717, 1.165) is 18.8 Å². The van der Waals surface area contributed by atoms with Gasteiger partial charge in [0.25, 0.3) is 0 Å². The number of amides is 2. The van der Waals surface area contributed by atoms with Gasteiger partial charge in [0.1, 0.15) is 5.76 Å². The number of carbonyl (C=O) groups is 2. The first-order chi connectivity index (χ1) is 10.2. The SMILES string of the molecule is O=C(NCC1CCOC1)C1CC(=O)N(Cc2ccco2)C1. The summed E-state index contributed by atoms with van der Waals surface area (Å²) in [5.74, 6) is 0.875. The molecule has 2 fully saturated rings. The zero-order valence-electron chi connectivity index (χ0n) is 11.9. The fraction of sp³-hybridized carbons (Fsp3) is 0.600. The first-order valence-corrected chi connectivity index (χ1v) is 7.38. The molecule has 1 N–H and O–H groups in total. The van der Waals surface area contributed by atoms with Gasteiger partial charge in [0.15, 0.2) is 0 Å². The maximum atomic E-state index is 12.1. The van der Waals surface area contributed by atoms with Gasteiger partial charge in [-0.25, -0.2) is 0 Å². The Hall–Kier alpha value is -1.82. The number of nitrogens with zero attached hydrogens (tertiary/aromatic N) is 1. The molecule has 2 aliphatic rings. The number of hydrogen-bond donors (Lipinski definition) is 1. The molecule has 1 aromatic rings. The summed E-state index contributed by atoms with van der Waals surface area (Å²) in [6.45, 7) is 3.04. The Morgan fingerprint density at radius 2 is 2.38 bits per heavy atom. The van der Waals surface area contributed by atoms with Crippen molar-refractivity contribution in [2.24, 2.45) is 11.8 Å². The Bertz CT molecular complexity index is 494. The van der Waals surface area contributed by atoms with Crippen LogP contribution < -0.4 is 5.32 Å². The summed E-state index contributed by atoms with van der Waals surface area (Å²) >= 11 is 0. The lowest BCUT2D eigenvalue weighted by atomic mass is 10.1. The number of nitrogens with one attached hydrogen (secondary N) is 1. The highest BCUT2D eigenvalue weighted by atomic mass is 16.5. The smallest absolute Gasteiger partial charge is 0.225 e. The molecule has 0 aromatic carbocycles. The molecule has 6 nitrogen and oxygen atoms in total. The van der Waals surface area contributed by atoms with Crippen molar-refractivity contribution in [3.63, 3.8) is 0 Å². The molecular formula is C15H20N2O4. The molecule has 6 heteroatoms. The van der Waals surface area contributed by atoms with Gasteiger partial charge in [-0.3, -0.25) is 9.59 Å². The topological polar surface area (TPSA) is 71.8 Å². The van der Waals surface area contributed by atoms with Gasteiger partial charge in [0.2, 0.25) is 11.8 Å². The van der Waals surface area contributed by atoms with Gasteiger partial charge in [-0.15, -0.1) is 0 Å². The average Bonchev–Trinajstić information content (AvgIpc) is 3.20. The van der Waals surface area contributed by atoms with Crippen molar-refractivity contribution in [3.05, 3.63) is 24.2 Å². The summed E-state index contributed by atoms with van der Waals surface area (Å²) in [6, 6.07) is 3.63. The average molecular weight is 292 g/mol. The third kappa shape index (κ3) is 3.44. The predicted octanol–water partition coefficient (Wildman–Crippen LogP) is 0.781. The molecule has 2 saturated heterocycles. The molecule has 1 aromatic heterocycles. The molecular weight excluding hydrogens is 272 g/mol. The van der Waals surface area contributed by atoms with Gasteiger partial charge in [0, 0.05) is 32.0 Å². The van der Waals surface area contributed by atoms with E-state index in [0.29, 0.717) is 32.2 Å². The van der Waals surface area contributed by atoms with Crippen molar-refractivity contribution in [1.29, 1.82) is 0 Å². The van der Waals surface area contributed by atoms with Gasteiger partial charge in [0.05, 0.1) is 25.3 Å². The van der Waals surface area contributed by atoms with E-state index in [1.807, 2.05) is 6.07 Å². The van der Waals surface area contributed by atoms with Crippen LogP contribution in [0.3, 0.4) is 0 Å². The lowest BCUT2D eigenvalue weighted by Crippen LogP contribution is -2.36. The number of likely N-dealkylation sites (tertiary alicyclic amines) is 1. The van der Waals surface area contributed by atoms with Crippen molar-refractivity contribution >= 4 is 11.8 Å². The summed E-state index contributed by atoms with van der Waals surface area (Å²) in [5, 5.41) is 2.95. The Morgan fingerprint density at radius 3 is 3.10 bits per heavy atom. The molecule has 0 saturated carbocycles. The molecule has 0 aliphatic carbocycles. The van der Waals surface area contributed by atoms with Crippen molar-refractivity contribution in [2.45, 2.75) is 19.4 Å². The summed E-state index contributed by atoms with van der Waals surface area (Å²) in [5.41, 5.74) is 0. The second-order valence-electron chi connectivity index (χ2n) is 5.73. The molecule has 2 unspecified atom stereocenters. The quantitative estimate of drug-likeness (QED) is 0.870. The molecule has 0 radical (unpaired) electrons. The Kier molecular flexibility index (Phi) is 4.24. The van der Waals surface area contributed by atoms with E-state index in [4.69, 9.17) is 9.15 Å². The number of carbonyl (C=O) groups excluding carboxylic acids is 2. The number of rotatable bonds is 5. The van der Waals surface area contributed by atoms with Crippen LogP contribution in [0.25, 0.3) is 0 Å². The minimum atomic E-state index is -0.255. The van der Waals surface area contributed by atoms with E-state index >= 15 is 0 Å². The highest BCUT2D eigenvalue weighted by Gasteiger charge is 2.34. The summed E-state index contributed by atoms with van der Waals surface area (Å²) in [4.78, 5) is 25.8. The minimum absolute atomic E-state index is 0.00995. The molecule has 0 bridgehead atoms. The van der Waals surface area contributed by atoms with E-state index < -0.39 is 0 Å². The third-order valence-corrected chi connectivity index (χ3v) is 4.10. The predicted molar refractivity (Wildman–Crippen MR) is 74.2 cm³/mol. The monoisotopic (exact) mass is 292 g/mol. The van der Waals surface area contributed by atoms with Gasteiger partial charge in [-0.05, 0) is 18.6 Å². The molecule has 2 aliphatic heterocycles. The summed E-state index contributed by atoms with van der Waals surface area (Å²) in [7, 11) is 0. The zero-order chi connectivity index (χ0) is 14.7. The normalized spacial score (nSPS) is 25.5. The van der Waals surface area contributed by atoms with Crippen molar-refractivity contribution in [1.82, 2.24) is 10.2 Å². The lowest BCUT2D eigenvalue weighted by Gasteiger charge is -2.15. The fourth-order valence-corrected chi connectivity index (χ4v) is 2.82. The number of ether oxygens (including phenoxy) is 1. The molecule has 2 atom stereocenters. The van der Waals surface area contributed by atoms with E-state index in [-0.39, 0.29) is 24.2 Å². The zero-order valence-corrected chi connectivity index (χ0v) is 11.9. The molecule has 0 spiro atoms. The molecule has 3 heterocycles. The molecule has 2 amide bonds. The van der Waals surface area contributed by atoms with Crippen LogP contribution in [-0.2, 0) is 20.9 Å². The minimum Gasteiger partial charge on any atom is -0.467 e.